The molecule has 0 saturated carbocycles. The molecule has 90 valence electrons. The number of aromatic amines is 1. The molecule has 3 rings (SSSR count). The van der Waals surface area contributed by atoms with Crippen molar-refractivity contribution in [2.24, 2.45) is 0 Å². The van der Waals surface area contributed by atoms with Crippen LogP contribution in [0.4, 0.5) is 0 Å². The topological polar surface area (TPSA) is 75.3 Å². The van der Waals surface area contributed by atoms with Crippen molar-refractivity contribution in [3.8, 4) is 0 Å². The number of rotatable bonds is 2. The smallest absolute Gasteiger partial charge is 0.259 e. The Morgan fingerprint density at radius 3 is 2.59 bits per heavy atom. The molecule has 2 aliphatic heterocycles. The highest BCUT2D eigenvalue weighted by Crippen LogP contribution is 2.32. The van der Waals surface area contributed by atoms with E-state index >= 15 is 0 Å². The Kier molecular flexibility index (Phi) is 2.25. The van der Waals surface area contributed by atoms with Crippen LogP contribution in [0, 0.1) is 0 Å². The zero-order valence-electron chi connectivity index (χ0n) is 9.42. The number of amides is 2. The molecule has 6 nitrogen and oxygen atoms in total. The molecule has 3 unspecified atom stereocenters. The summed E-state index contributed by atoms with van der Waals surface area (Å²) in [6.45, 7) is 1.79. The SMILES string of the molecule is CC(c1ncc[nH]1)N1C(=O)C2CCC(O2)C1=O. The summed E-state index contributed by atoms with van der Waals surface area (Å²) in [4.78, 5) is 32.4. The molecule has 2 bridgehead atoms. The molecule has 3 heterocycles. The fourth-order valence-electron chi connectivity index (χ4n) is 2.43. The lowest BCUT2D eigenvalue weighted by Gasteiger charge is -2.33. The Morgan fingerprint density at radius 1 is 1.41 bits per heavy atom. The number of imidazole rings is 1. The zero-order chi connectivity index (χ0) is 12.0. The van der Waals surface area contributed by atoms with E-state index in [0.717, 1.165) is 0 Å². The predicted molar refractivity (Wildman–Crippen MR) is 56.8 cm³/mol. The molecule has 17 heavy (non-hydrogen) atoms. The van der Waals surface area contributed by atoms with Crippen LogP contribution in [0.5, 0.6) is 0 Å². The minimum atomic E-state index is -0.449. The standard InChI is InChI=1S/C11H13N3O3/c1-6(9-12-4-5-13-9)14-10(15)7-2-3-8(17-7)11(14)16/h4-8H,2-3H2,1H3,(H,12,13). The van der Waals surface area contributed by atoms with E-state index in [0.29, 0.717) is 18.7 Å². The molecule has 6 heteroatoms. The summed E-state index contributed by atoms with van der Waals surface area (Å²) in [6, 6.07) is -0.364. The van der Waals surface area contributed by atoms with Crippen molar-refractivity contribution < 1.29 is 14.3 Å². The summed E-state index contributed by atoms with van der Waals surface area (Å²) in [5.41, 5.74) is 0. The van der Waals surface area contributed by atoms with Crippen LogP contribution in [0.3, 0.4) is 0 Å². The first-order valence-corrected chi connectivity index (χ1v) is 5.70. The number of fused-ring (bicyclic) bond motifs is 2. The number of hydrogen-bond acceptors (Lipinski definition) is 4. The number of morpholine rings is 1. The molecular formula is C11H13N3O3. The van der Waals surface area contributed by atoms with Gasteiger partial charge >= 0.3 is 0 Å². The van der Waals surface area contributed by atoms with E-state index in [1.165, 1.54) is 4.90 Å². The molecule has 1 N–H and O–H groups in total. The monoisotopic (exact) mass is 235 g/mol. The second kappa shape index (κ2) is 3.66. The number of aromatic nitrogens is 2. The van der Waals surface area contributed by atoms with Crippen molar-refractivity contribution in [2.75, 3.05) is 0 Å². The molecule has 0 aliphatic carbocycles. The maximum Gasteiger partial charge on any atom is 0.259 e. The second-order valence-electron chi connectivity index (χ2n) is 4.39. The van der Waals surface area contributed by atoms with E-state index in [1.54, 1.807) is 19.3 Å². The summed E-state index contributed by atoms with van der Waals surface area (Å²) < 4.78 is 5.35. The normalized spacial score (nSPS) is 29.8. The summed E-state index contributed by atoms with van der Waals surface area (Å²) in [5, 5.41) is 0. The summed E-state index contributed by atoms with van der Waals surface area (Å²) in [5.74, 6) is 0.133. The van der Waals surface area contributed by atoms with Gasteiger partial charge in [0.15, 0.2) is 0 Å². The van der Waals surface area contributed by atoms with E-state index in [2.05, 4.69) is 9.97 Å². The second-order valence-corrected chi connectivity index (χ2v) is 4.39. The fourth-order valence-corrected chi connectivity index (χ4v) is 2.43. The van der Waals surface area contributed by atoms with Crippen molar-refractivity contribution in [2.45, 2.75) is 38.0 Å². The average molecular weight is 235 g/mol. The highest BCUT2D eigenvalue weighted by Gasteiger charge is 2.48. The number of hydrogen-bond donors (Lipinski definition) is 1. The van der Waals surface area contributed by atoms with Gasteiger partial charge in [0.25, 0.3) is 11.8 Å². The van der Waals surface area contributed by atoms with Crippen molar-refractivity contribution in [3.63, 3.8) is 0 Å². The van der Waals surface area contributed by atoms with Gasteiger partial charge < -0.3 is 9.72 Å². The molecule has 2 saturated heterocycles. The van der Waals surface area contributed by atoms with E-state index < -0.39 is 12.2 Å². The third kappa shape index (κ3) is 1.48. The van der Waals surface area contributed by atoms with Crippen molar-refractivity contribution >= 4 is 11.8 Å². The van der Waals surface area contributed by atoms with Gasteiger partial charge in [0.05, 0.1) is 6.04 Å². The molecule has 1 aromatic rings. The van der Waals surface area contributed by atoms with Crippen LogP contribution >= 0.6 is 0 Å². The van der Waals surface area contributed by atoms with E-state index in [4.69, 9.17) is 4.74 Å². The predicted octanol–water partition coefficient (Wildman–Crippen LogP) is 0.387. The van der Waals surface area contributed by atoms with Crippen LogP contribution in [0.25, 0.3) is 0 Å². The van der Waals surface area contributed by atoms with E-state index in [1.807, 2.05) is 0 Å². The Morgan fingerprint density at radius 2 is 2.06 bits per heavy atom. The number of imide groups is 1. The minimum Gasteiger partial charge on any atom is -0.355 e. The van der Waals surface area contributed by atoms with Crippen LogP contribution in [0.2, 0.25) is 0 Å². The quantitative estimate of drug-likeness (QED) is 0.752. The Hall–Kier alpha value is -1.69. The molecule has 0 spiro atoms. The maximum atomic E-state index is 12.1. The molecule has 0 aromatic carbocycles. The van der Waals surface area contributed by atoms with Crippen molar-refractivity contribution in [1.82, 2.24) is 14.9 Å². The van der Waals surface area contributed by atoms with Crippen LogP contribution < -0.4 is 0 Å². The Labute approximate surface area is 98.0 Å². The molecule has 3 atom stereocenters. The number of nitrogens with one attached hydrogen (secondary N) is 1. The number of ether oxygens (including phenoxy) is 1. The summed E-state index contributed by atoms with van der Waals surface area (Å²) in [6.07, 6.45) is 3.66. The van der Waals surface area contributed by atoms with Crippen LogP contribution in [-0.2, 0) is 14.3 Å². The maximum absolute atomic E-state index is 12.1. The average Bonchev–Trinajstić information content (AvgIpc) is 2.98. The lowest BCUT2D eigenvalue weighted by atomic mass is 10.2. The molecule has 2 aliphatic rings. The van der Waals surface area contributed by atoms with Gasteiger partial charge in [-0.2, -0.15) is 0 Å². The molecule has 0 radical (unpaired) electrons. The van der Waals surface area contributed by atoms with Gasteiger partial charge in [0, 0.05) is 12.4 Å². The number of H-pyrrole nitrogens is 1. The first-order chi connectivity index (χ1) is 8.18. The summed E-state index contributed by atoms with van der Waals surface area (Å²) >= 11 is 0. The lowest BCUT2D eigenvalue weighted by Crippen LogP contribution is -2.52. The number of nitrogens with zero attached hydrogens (tertiary/aromatic N) is 2. The third-order valence-corrected chi connectivity index (χ3v) is 3.35. The molecule has 2 fully saturated rings. The van der Waals surface area contributed by atoms with Gasteiger partial charge in [-0.15, -0.1) is 0 Å². The van der Waals surface area contributed by atoms with Crippen molar-refractivity contribution in [1.29, 1.82) is 0 Å². The molecule has 2 amide bonds. The van der Waals surface area contributed by atoms with Gasteiger partial charge in [0.1, 0.15) is 18.0 Å². The van der Waals surface area contributed by atoms with Gasteiger partial charge in [0.2, 0.25) is 0 Å². The van der Waals surface area contributed by atoms with Crippen LogP contribution in [0.15, 0.2) is 12.4 Å². The van der Waals surface area contributed by atoms with Gasteiger partial charge in [-0.05, 0) is 19.8 Å². The van der Waals surface area contributed by atoms with Crippen molar-refractivity contribution in [3.05, 3.63) is 18.2 Å². The Bertz CT molecular complexity index is 435. The first-order valence-electron chi connectivity index (χ1n) is 5.70. The van der Waals surface area contributed by atoms with E-state index in [9.17, 15) is 9.59 Å². The van der Waals surface area contributed by atoms with Gasteiger partial charge in [-0.1, -0.05) is 0 Å². The molecular weight excluding hydrogens is 222 g/mol. The lowest BCUT2D eigenvalue weighted by molar-refractivity contribution is -0.171. The highest BCUT2D eigenvalue weighted by atomic mass is 16.5. The van der Waals surface area contributed by atoms with Crippen LogP contribution in [0.1, 0.15) is 31.6 Å². The fraction of sp³-hybridized carbons (Fsp3) is 0.545. The third-order valence-electron chi connectivity index (χ3n) is 3.35. The van der Waals surface area contributed by atoms with Gasteiger partial charge in [-0.25, -0.2) is 4.98 Å². The highest BCUT2D eigenvalue weighted by molar-refractivity contribution is 6.02. The Balaban J connectivity index is 1.91. The zero-order valence-corrected chi connectivity index (χ0v) is 9.42. The van der Waals surface area contributed by atoms with E-state index in [-0.39, 0.29) is 17.9 Å². The van der Waals surface area contributed by atoms with Crippen LogP contribution in [-0.4, -0.2) is 38.9 Å². The number of carbonyl (C=O) groups excluding carboxylic acids is 2. The number of likely N-dealkylation sites (tertiary alicyclic amines) is 1. The molecule has 1 aromatic heterocycles. The first kappa shape index (κ1) is 10.5. The minimum absolute atomic E-state index is 0.243. The number of carbonyl (C=O) groups is 2. The van der Waals surface area contributed by atoms with Gasteiger partial charge in [-0.3, -0.25) is 14.5 Å². The largest absolute Gasteiger partial charge is 0.355 e. The summed E-state index contributed by atoms with van der Waals surface area (Å²) in [7, 11) is 0.